The minimum absolute atomic E-state index is 0.615. The highest BCUT2D eigenvalue weighted by Gasteiger charge is 2.23. The second-order valence-corrected chi connectivity index (χ2v) is 7.61. The summed E-state index contributed by atoms with van der Waals surface area (Å²) in [6.07, 6.45) is 7.26. The standard InChI is InChI=1S/C22H32N4O/c1-17-15-24-21(18(2)22(17)27-4)16-25(3)20-9-13-26(14-10-20)12-8-19-7-5-6-11-23-19/h5-7,11,15,20H,8-10,12-14,16H2,1-4H3. The van der Waals surface area contributed by atoms with Gasteiger partial charge < -0.3 is 9.64 Å². The van der Waals surface area contributed by atoms with Crippen molar-refractivity contribution < 1.29 is 4.74 Å². The molecule has 0 saturated carbocycles. The van der Waals surface area contributed by atoms with E-state index < -0.39 is 0 Å². The number of aryl methyl sites for hydroxylation is 1. The van der Waals surface area contributed by atoms with Crippen LogP contribution >= 0.6 is 0 Å². The molecule has 2 aromatic rings. The van der Waals surface area contributed by atoms with Gasteiger partial charge in [0.2, 0.25) is 0 Å². The number of piperidine rings is 1. The number of hydrogen-bond acceptors (Lipinski definition) is 5. The molecule has 0 unspecified atom stereocenters. The van der Waals surface area contributed by atoms with Gasteiger partial charge in [0.1, 0.15) is 5.75 Å². The maximum absolute atomic E-state index is 5.55. The number of aromatic nitrogens is 2. The van der Waals surface area contributed by atoms with Crippen molar-refractivity contribution in [3.63, 3.8) is 0 Å². The van der Waals surface area contributed by atoms with Crippen molar-refractivity contribution in [3.8, 4) is 5.75 Å². The van der Waals surface area contributed by atoms with E-state index in [-0.39, 0.29) is 0 Å². The van der Waals surface area contributed by atoms with Crippen molar-refractivity contribution in [2.75, 3.05) is 33.8 Å². The lowest BCUT2D eigenvalue weighted by Gasteiger charge is -2.36. The SMILES string of the molecule is COc1c(C)cnc(CN(C)C2CCN(CCc3ccccn3)CC2)c1C. The molecule has 1 aliphatic heterocycles. The third kappa shape index (κ3) is 5.05. The Kier molecular flexibility index (Phi) is 6.80. The molecular formula is C22H32N4O. The molecule has 3 heterocycles. The van der Waals surface area contributed by atoms with Crippen LogP contribution in [0.3, 0.4) is 0 Å². The van der Waals surface area contributed by atoms with Gasteiger partial charge in [-0.2, -0.15) is 0 Å². The molecular weight excluding hydrogens is 336 g/mol. The number of hydrogen-bond donors (Lipinski definition) is 0. The van der Waals surface area contributed by atoms with Crippen LogP contribution in [-0.2, 0) is 13.0 Å². The molecule has 0 N–H and O–H groups in total. The van der Waals surface area contributed by atoms with E-state index in [0.29, 0.717) is 6.04 Å². The summed E-state index contributed by atoms with van der Waals surface area (Å²) in [6.45, 7) is 8.45. The molecule has 0 aromatic carbocycles. The lowest BCUT2D eigenvalue weighted by molar-refractivity contribution is 0.123. The Hall–Kier alpha value is -1.98. The molecule has 3 rings (SSSR count). The highest BCUT2D eigenvalue weighted by Crippen LogP contribution is 2.26. The van der Waals surface area contributed by atoms with Crippen LogP contribution in [0.4, 0.5) is 0 Å². The van der Waals surface area contributed by atoms with E-state index in [2.05, 4.69) is 45.9 Å². The van der Waals surface area contributed by atoms with Gasteiger partial charge in [-0.1, -0.05) is 6.07 Å². The van der Waals surface area contributed by atoms with Crippen LogP contribution in [0.15, 0.2) is 30.6 Å². The van der Waals surface area contributed by atoms with E-state index in [1.165, 1.54) is 18.5 Å². The number of nitrogens with zero attached hydrogens (tertiary/aromatic N) is 4. The third-order valence-electron chi connectivity index (χ3n) is 5.74. The predicted molar refractivity (Wildman–Crippen MR) is 109 cm³/mol. The van der Waals surface area contributed by atoms with Crippen LogP contribution in [0.2, 0.25) is 0 Å². The first-order chi connectivity index (χ1) is 13.1. The zero-order valence-electron chi connectivity index (χ0n) is 17.1. The fourth-order valence-electron chi connectivity index (χ4n) is 4.00. The highest BCUT2D eigenvalue weighted by atomic mass is 16.5. The Morgan fingerprint density at radius 2 is 1.96 bits per heavy atom. The van der Waals surface area contributed by atoms with Crippen LogP contribution in [0.25, 0.3) is 0 Å². The van der Waals surface area contributed by atoms with Crippen LogP contribution < -0.4 is 4.74 Å². The van der Waals surface area contributed by atoms with Crippen LogP contribution in [0.1, 0.15) is 35.4 Å². The molecule has 1 saturated heterocycles. The quantitative estimate of drug-likeness (QED) is 0.750. The average molecular weight is 369 g/mol. The van der Waals surface area contributed by atoms with Crippen LogP contribution in [-0.4, -0.2) is 59.6 Å². The molecule has 5 nitrogen and oxygen atoms in total. The Morgan fingerprint density at radius 3 is 2.63 bits per heavy atom. The maximum atomic E-state index is 5.55. The Morgan fingerprint density at radius 1 is 1.19 bits per heavy atom. The average Bonchev–Trinajstić information content (AvgIpc) is 2.70. The van der Waals surface area contributed by atoms with Crippen molar-refractivity contribution in [1.29, 1.82) is 0 Å². The van der Waals surface area contributed by atoms with Gasteiger partial charge in [0.25, 0.3) is 0 Å². The summed E-state index contributed by atoms with van der Waals surface area (Å²) in [5, 5.41) is 0. The fraction of sp³-hybridized carbons (Fsp3) is 0.545. The Balaban J connectivity index is 1.49. The molecule has 0 bridgehead atoms. The molecule has 0 radical (unpaired) electrons. The zero-order valence-corrected chi connectivity index (χ0v) is 17.1. The van der Waals surface area contributed by atoms with Gasteiger partial charge in [-0.25, -0.2) is 0 Å². The monoisotopic (exact) mass is 368 g/mol. The molecule has 0 aliphatic carbocycles. The van der Waals surface area contributed by atoms with E-state index in [0.717, 1.165) is 55.2 Å². The van der Waals surface area contributed by atoms with Crippen molar-refractivity contribution in [1.82, 2.24) is 19.8 Å². The van der Waals surface area contributed by atoms with Crippen molar-refractivity contribution in [3.05, 3.63) is 53.1 Å². The van der Waals surface area contributed by atoms with Gasteiger partial charge in [0.15, 0.2) is 0 Å². The zero-order chi connectivity index (χ0) is 19.2. The first-order valence-corrected chi connectivity index (χ1v) is 9.90. The van der Waals surface area contributed by atoms with Crippen LogP contribution in [0, 0.1) is 13.8 Å². The normalized spacial score (nSPS) is 16.0. The summed E-state index contributed by atoms with van der Waals surface area (Å²) in [7, 11) is 3.96. The second-order valence-electron chi connectivity index (χ2n) is 7.61. The lowest BCUT2D eigenvalue weighted by Crippen LogP contribution is -2.43. The Labute approximate surface area is 163 Å². The van der Waals surface area contributed by atoms with Crippen molar-refractivity contribution >= 4 is 0 Å². The summed E-state index contributed by atoms with van der Waals surface area (Å²) in [4.78, 5) is 14.1. The van der Waals surface area contributed by atoms with E-state index in [4.69, 9.17) is 4.74 Å². The fourth-order valence-corrected chi connectivity index (χ4v) is 4.00. The number of rotatable bonds is 7. The summed E-state index contributed by atoms with van der Waals surface area (Å²) < 4.78 is 5.55. The number of likely N-dealkylation sites (tertiary alicyclic amines) is 1. The van der Waals surface area contributed by atoms with Gasteiger partial charge in [-0.3, -0.25) is 14.9 Å². The van der Waals surface area contributed by atoms with E-state index in [9.17, 15) is 0 Å². The number of methoxy groups -OCH3 is 1. The molecule has 1 fully saturated rings. The third-order valence-corrected chi connectivity index (χ3v) is 5.74. The highest BCUT2D eigenvalue weighted by molar-refractivity contribution is 5.41. The molecule has 2 aromatic heterocycles. The van der Waals surface area contributed by atoms with Crippen molar-refractivity contribution in [2.45, 2.75) is 45.7 Å². The summed E-state index contributed by atoms with van der Waals surface area (Å²) in [5.74, 6) is 0.970. The van der Waals surface area contributed by atoms with Crippen LogP contribution in [0.5, 0.6) is 5.75 Å². The summed E-state index contributed by atoms with van der Waals surface area (Å²) in [6, 6.07) is 6.78. The minimum atomic E-state index is 0.615. The summed E-state index contributed by atoms with van der Waals surface area (Å²) in [5.41, 5.74) is 4.57. The smallest absolute Gasteiger partial charge is 0.128 e. The second kappa shape index (κ2) is 9.29. The molecule has 0 amide bonds. The molecule has 0 atom stereocenters. The largest absolute Gasteiger partial charge is 0.496 e. The van der Waals surface area contributed by atoms with Gasteiger partial charge in [-0.15, -0.1) is 0 Å². The topological polar surface area (TPSA) is 41.5 Å². The first-order valence-electron chi connectivity index (χ1n) is 9.90. The molecule has 0 spiro atoms. The van der Waals surface area contributed by atoms with Gasteiger partial charge in [0, 0.05) is 54.8 Å². The van der Waals surface area contributed by atoms with E-state index in [1.54, 1.807) is 7.11 Å². The first kappa shape index (κ1) is 19.8. The molecule has 146 valence electrons. The van der Waals surface area contributed by atoms with Gasteiger partial charge in [0.05, 0.1) is 12.8 Å². The van der Waals surface area contributed by atoms with E-state index in [1.807, 2.05) is 25.4 Å². The molecule has 27 heavy (non-hydrogen) atoms. The Bertz CT molecular complexity index is 727. The van der Waals surface area contributed by atoms with E-state index >= 15 is 0 Å². The number of pyridine rings is 2. The summed E-state index contributed by atoms with van der Waals surface area (Å²) >= 11 is 0. The van der Waals surface area contributed by atoms with Gasteiger partial charge in [-0.05, 0) is 59.0 Å². The van der Waals surface area contributed by atoms with Gasteiger partial charge >= 0.3 is 0 Å². The predicted octanol–water partition coefficient (Wildman–Crippen LogP) is 3.24. The van der Waals surface area contributed by atoms with Crippen molar-refractivity contribution in [2.24, 2.45) is 0 Å². The number of ether oxygens (including phenoxy) is 1. The molecule has 5 heteroatoms. The maximum Gasteiger partial charge on any atom is 0.128 e. The minimum Gasteiger partial charge on any atom is -0.496 e. The molecule has 1 aliphatic rings. The lowest BCUT2D eigenvalue weighted by atomic mass is 10.0.